The molecule has 0 bridgehead atoms. The van der Waals surface area contributed by atoms with E-state index in [1.54, 1.807) is 23.1 Å². The Labute approximate surface area is 188 Å². The molecule has 0 saturated heterocycles. The van der Waals surface area contributed by atoms with Gasteiger partial charge in [-0.3, -0.25) is 9.69 Å². The Morgan fingerprint density at radius 3 is 2.34 bits per heavy atom. The lowest BCUT2D eigenvalue weighted by Crippen LogP contribution is -2.33. The number of carbonyl (C=O) groups is 1. The third-order valence-electron chi connectivity index (χ3n) is 5.66. The van der Waals surface area contributed by atoms with Gasteiger partial charge in [0.25, 0.3) is 5.91 Å². The van der Waals surface area contributed by atoms with Gasteiger partial charge in [0.15, 0.2) is 0 Å². The number of hydrogen-bond acceptors (Lipinski definition) is 2. The Hall–Kier alpha value is -3.53. The maximum Gasteiger partial charge on any atom is 0.282 e. The number of amides is 1. The minimum atomic E-state index is -0.311. The molecular formula is C28H27FN2O. The van der Waals surface area contributed by atoms with Crippen molar-refractivity contribution in [2.75, 3.05) is 4.90 Å². The minimum Gasteiger partial charge on any atom is -0.266 e. The SMILES string of the molecule is CCCCc1ccc(C2=NC(=Cc3ccc(F)cc3)C(=O)N2c2ccc(C)cc2C)cc1. The lowest BCUT2D eigenvalue weighted by molar-refractivity contribution is -0.113. The molecule has 0 spiro atoms. The highest BCUT2D eigenvalue weighted by Crippen LogP contribution is 2.31. The van der Waals surface area contributed by atoms with E-state index < -0.39 is 0 Å². The average Bonchev–Trinajstić information content (AvgIpc) is 3.10. The van der Waals surface area contributed by atoms with Gasteiger partial charge in [0.2, 0.25) is 0 Å². The number of halogens is 1. The van der Waals surface area contributed by atoms with Gasteiger partial charge < -0.3 is 0 Å². The molecule has 0 saturated carbocycles. The highest BCUT2D eigenvalue weighted by Gasteiger charge is 2.33. The molecule has 1 amide bonds. The molecule has 1 aliphatic heterocycles. The second-order valence-electron chi connectivity index (χ2n) is 8.25. The Morgan fingerprint density at radius 2 is 1.69 bits per heavy atom. The molecule has 162 valence electrons. The molecule has 0 atom stereocenters. The summed E-state index contributed by atoms with van der Waals surface area (Å²) in [5, 5.41) is 0. The number of hydrogen-bond donors (Lipinski definition) is 0. The monoisotopic (exact) mass is 426 g/mol. The van der Waals surface area contributed by atoms with Crippen molar-refractivity contribution in [2.45, 2.75) is 40.0 Å². The number of rotatable bonds is 6. The van der Waals surface area contributed by atoms with Crippen LogP contribution in [0.15, 0.2) is 77.4 Å². The number of benzene rings is 3. The number of anilines is 1. The zero-order valence-electron chi connectivity index (χ0n) is 18.7. The van der Waals surface area contributed by atoms with Crippen LogP contribution in [0.2, 0.25) is 0 Å². The molecule has 3 nitrogen and oxygen atoms in total. The number of carbonyl (C=O) groups excluding carboxylic acids is 1. The standard InChI is InChI=1S/C28H27FN2O/c1-4-5-6-21-8-12-23(13-9-21)27-30-25(18-22-10-14-24(29)15-11-22)28(32)31(27)26-16-7-19(2)17-20(26)3/h7-18H,4-6H2,1-3H3. The fourth-order valence-electron chi connectivity index (χ4n) is 3.91. The van der Waals surface area contributed by atoms with E-state index in [-0.39, 0.29) is 11.7 Å². The van der Waals surface area contributed by atoms with Gasteiger partial charge in [-0.05, 0) is 67.7 Å². The quantitative estimate of drug-likeness (QED) is 0.408. The summed E-state index contributed by atoms with van der Waals surface area (Å²) in [5.74, 6) is 0.109. The topological polar surface area (TPSA) is 32.7 Å². The number of unbranched alkanes of at least 4 members (excludes halogenated alkanes) is 1. The predicted molar refractivity (Wildman–Crippen MR) is 129 cm³/mol. The highest BCUT2D eigenvalue weighted by atomic mass is 19.1. The minimum absolute atomic E-state index is 0.189. The highest BCUT2D eigenvalue weighted by molar-refractivity contribution is 6.33. The summed E-state index contributed by atoms with van der Waals surface area (Å²) in [6, 6.07) is 20.4. The molecule has 0 aliphatic carbocycles. The van der Waals surface area contributed by atoms with E-state index in [1.165, 1.54) is 17.7 Å². The maximum atomic E-state index is 13.5. The molecule has 0 fully saturated rings. The van der Waals surface area contributed by atoms with Crippen LogP contribution < -0.4 is 4.90 Å². The van der Waals surface area contributed by atoms with Crippen LogP contribution in [-0.2, 0) is 11.2 Å². The summed E-state index contributed by atoms with van der Waals surface area (Å²) in [4.78, 5) is 19.9. The molecule has 0 N–H and O–H groups in total. The molecule has 3 aromatic rings. The second-order valence-corrected chi connectivity index (χ2v) is 8.25. The molecule has 0 unspecified atom stereocenters. The van der Waals surface area contributed by atoms with E-state index in [1.807, 2.05) is 38.1 Å². The van der Waals surface area contributed by atoms with Crippen molar-refractivity contribution >= 4 is 23.5 Å². The van der Waals surface area contributed by atoms with Crippen LogP contribution in [0.25, 0.3) is 6.08 Å². The van der Waals surface area contributed by atoms with Crippen molar-refractivity contribution in [1.29, 1.82) is 0 Å². The first-order valence-corrected chi connectivity index (χ1v) is 11.0. The normalized spacial score (nSPS) is 14.9. The zero-order chi connectivity index (χ0) is 22.7. The third-order valence-corrected chi connectivity index (χ3v) is 5.66. The smallest absolute Gasteiger partial charge is 0.266 e. The molecule has 0 radical (unpaired) electrons. The first-order chi connectivity index (χ1) is 15.5. The van der Waals surface area contributed by atoms with Crippen LogP contribution in [0.1, 0.15) is 47.6 Å². The summed E-state index contributed by atoms with van der Waals surface area (Å²) in [6.45, 7) is 6.22. The van der Waals surface area contributed by atoms with Crippen LogP contribution in [0.3, 0.4) is 0 Å². The number of nitrogens with zero attached hydrogens (tertiary/aromatic N) is 2. The van der Waals surface area contributed by atoms with Crippen LogP contribution in [0.5, 0.6) is 0 Å². The van der Waals surface area contributed by atoms with E-state index in [0.717, 1.165) is 47.2 Å². The van der Waals surface area contributed by atoms with Gasteiger partial charge in [-0.2, -0.15) is 0 Å². The van der Waals surface area contributed by atoms with E-state index in [0.29, 0.717) is 11.5 Å². The summed E-state index contributed by atoms with van der Waals surface area (Å²) in [5.41, 5.74) is 6.20. The molecule has 0 aromatic heterocycles. The van der Waals surface area contributed by atoms with Crippen LogP contribution in [-0.4, -0.2) is 11.7 Å². The van der Waals surface area contributed by atoms with Crippen molar-refractivity contribution in [1.82, 2.24) is 0 Å². The average molecular weight is 427 g/mol. The Bertz CT molecular complexity index is 1190. The van der Waals surface area contributed by atoms with E-state index >= 15 is 0 Å². The van der Waals surface area contributed by atoms with Gasteiger partial charge >= 0.3 is 0 Å². The molecule has 32 heavy (non-hydrogen) atoms. The predicted octanol–water partition coefficient (Wildman–Crippen LogP) is 6.62. The van der Waals surface area contributed by atoms with Crippen LogP contribution >= 0.6 is 0 Å². The first kappa shape index (κ1) is 21.7. The van der Waals surface area contributed by atoms with Crippen LogP contribution in [0.4, 0.5) is 10.1 Å². The molecule has 4 heteroatoms. The van der Waals surface area contributed by atoms with Crippen molar-refractivity contribution in [3.8, 4) is 0 Å². The van der Waals surface area contributed by atoms with Crippen LogP contribution in [0, 0.1) is 19.7 Å². The van der Waals surface area contributed by atoms with Gasteiger partial charge in [0.1, 0.15) is 17.3 Å². The van der Waals surface area contributed by atoms with Gasteiger partial charge in [-0.1, -0.05) is 67.4 Å². The largest absolute Gasteiger partial charge is 0.282 e. The van der Waals surface area contributed by atoms with Crippen molar-refractivity contribution in [3.63, 3.8) is 0 Å². The van der Waals surface area contributed by atoms with E-state index in [4.69, 9.17) is 4.99 Å². The van der Waals surface area contributed by atoms with Crippen molar-refractivity contribution in [3.05, 3.63) is 106 Å². The maximum absolute atomic E-state index is 13.5. The van der Waals surface area contributed by atoms with E-state index in [9.17, 15) is 9.18 Å². The lowest BCUT2D eigenvalue weighted by atomic mass is 10.0. The molecule has 1 heterocycles. The molecule has 1 aliphatic rings. The van der Waals surface area contributed by atoms with Gasteiger partial charge in [0.05, 0.1) is 5.69 Å². The van der Waals surface area contributed by atoms with Gasteiger partial charge in [-0.15, -0.1) is 0 Å². The summed E-state index contributed by atoms with van der Waals surface area (Å²) in [6.07, 6.45) is 5.05. The second kappa shape index (κ2) is 9.31. The number of amidine groups is 1. The fraction of sp³-hybridized carbons (Fsp3) is 0.214. The zero-order valence-corrected chi connectivity index (χ0v) is 18.7. The summed E-state index contributed by atoms with van der Waals surface area (Å²) in [7, 11) is 0. The van der Waals surface area contributed by atoms with Crippen molar-refractivity contribution < 1.29 is 9.18 Å². The van der Waals surface area contributed by atoms with E-state index in [2.05, 4.69) is 25.1 Å². The molecule has 4 rings (SSSR count). The molecule has 3 aromatic carbocycles. The van der Waals surface area contributed by atoms with Gasteiger partial charge in [-0.25, -0.2) is 9.38 Å². The number of aryl methyl sites for hydroxylation is 3. The third kappa shape index (κ3) is 4.54. The first-order valence-electron chi connectivity index (χ1n) is 11.0. The summed E-state index contributed by atoms with van der Waals surface area (Å²) >= 11 is 0. The Kier molecular flexibility index (Phi) is 6.31. The van der Waals surface area contributed by atoms with Crippen molar-refractivity contribution in [2.24, 2.45) is 4.99 Å². The Morgan fingerprint density at radius 1 is 0.969 bits per heavy atom. The van der Waals surface area contributed by atoms with Gasteiger partial charge in [0, 0.05) is 5.56 Å². The fourth-order valence-corrected chi connectivity index (χ4v) is 3.91. The Balaban J connectivity index is 1.77. The summed E-state index contributed by atoms with van der Waals surface area (Å²) < 4.78 is 13.3. The number of aliphatic imine (C=N–C) groups is 1. The molecular weight excluding hydrogens is 399 g/mol. The lowest BCUT2D eigenvalue weighted by Gasteiger charge is -2.21.